The molecule has 32 heavy (non-hydrogen) atoms. The largest absolute Gasteiger partial charge is 0.494 e. The summed E-state index contributed by atoms with van der Waals surface area (Å²) in [7, 11) is -1.89. The van der Waals surface area contributed by atoms with Gasteiger partial charge in [0.15, 0.2) is 0 Å². The molecule has 0 aliphatic rings. The average Bonchev–Trinajstić information content (AvgIpc) is 2.72. The molecule has 0 radical (unpaired) electrons. The van der Waals surface area contributed by atoms with Crippen LogP contribution in [-0.2, 0) is 14.8 Å². The van der Waals surface area contributed by atoms with Crippen molar-refractivity contribution in [3.05, 3.63) is 60.7 Å². The second-order valence-electron chi connectivity index (χ2n) is 7.33. The Balaban J connectivity index is 1.85. The molecule has 9 heteroatoms. The van der Waals surface area contributed by atoms with Gasteiger partial charge in [0.05, 0.1) is 41.5 Å². The first-order chi connectivity index (χ1) is 15.2. The number of aromatic nitrogens is 1. The van der Waals surface area contributed by atoms with Crippen molar-refractivity contribution in [2.75, 3.05) is 28.7 Å². The molecule has 0 fully saturated rings. The summed E-state index contributed by atoms with van der Waals surface area (Å²) in [5.74, 6) is 0.318. The van der Waals surface area contributed by atoms with Gasteiger partial charge in [-0.15, -0.1) is 0 Å². The summed E-state index contributed by atoms with van der Waals surface area (Å²) in [6.07, 6.45) is 1.09. The third-order valence-electron chi connectivity index (χ3n) is 4.77. The quantitative estimate of drug-likeness (QED) is 0.374. The van der Waals surface area contributed by atoms with Gasteiger partial charge in [0, 0.05) is 29.4 Å². The molecule has 4 rings (SSSR count). The summed E-state index contributed by atoms with van der Waals surface area (Å²) < 4.78 is 31.1. The first kappa shape index (κ1) is 21.4. The Hall–Kier alpha value is -3.85. The lowest BCUT2D eigenvalue weighted by molar-refractivity contribution is -0.114. The molecular weight excluding hydrogens is 428 g/mol. The van der Waals surface area contributed by atoms with Crippen molar-refractivity contribution in [3.63, 3.8) is 0 Å². The highest BCUT2D eigenvalue weighted by Gasteiger charge is 2.14. The van der Waals surface area contributed by atoms with E-state index in [4.69, 9.17) is 9.72 Å². The lowest BCUT2D eigenvalue weighted by Gasteiger charge is -2.17. The van der Waals surface area contributed by atoms with Crippen LogP contribution in [0.3, 0.4) is 0 Å². The van der Waals surface area contributed by atoms with Crippen molar-refractivity contribution in [3.8, 4) is 5.75 Å². The zero-order valence-corrected chi connectivity index (χ0v) is 18.6. The highest BCUT2D eigenvalue weighted by atomic mass is 32.2. The van der Waals surface area contributed by atoms with Gasteiger partial charge < -0.3 is 15.4 Å². The van der Waals surface area contributed by atoms with Gasteiger partial charge in [0.25, 0.3) is 0 Å². The number of nitrogens with one attached hydrogen (secondary N) is 3. The van der Waals surface area contributed by atoms with Gasteiger partial charge in [-0.3, -0.25) is 9.52 Å². The number of fused-ring (bicyclic) bond motifs is 2. The van der Waals surface area contributed by atoms with Gasteiger partial charge in [-0.2, -0.15) is 0 Å². The van der Waals surface area contributed by atoms with Crippen molar-refractivity contribution in [2.24, 2.45) is 0 Å². The van der Waals surface area contributed by atoms with E-state index >= 15 is 0 Å². The molecule has 0 spiro atoms. The van der Waals surface area contributed by atoms with E-state index in [1.807, 2.05) is 42.5 Å². The Labute approximate surface area is 185 Å². The number of para-hydroxylation sites is 1. The molecule has 0 bridgehead atoms. The van der Waals surface area contributed by atoms with E-state index in [2.05, 4.69) is 15.4 Å². The number of anilines is 4. The summed E-state index contributed by atoms with van der Waals surface area (Å²) in [6, 6.07) is 18.3. The van der Waals surface area contributed by atoms with E-state index in [0.717, 1.165) is 28.2 Å². The third kappa shape index (κ3) is 4.57. The fourth-order valence-electron chi connectivity index (χ4n) is 3.52. The van der Waals surface area contributed by atoms with E-state index in [1.165, 1.54) is 14.0 Å². The Bertz CT molecular complexity index is 1450. The maximum atomic E-state index is 11.6. The van der Waals surface area contributed by atoms with E-state index in [1.54, 1.807) is 18.2 Å². The van der Waals surface area contributed by atoms with E-state index in [-0.39, 0.29) is 5.91 Å². The number of pyridine rings is 1. The number of nitrogens with zero attached hydrogens (tertiary/aromatic N) is 1. The minimum Gasteiger partial charge on any atom is -0.494 e. The van der Waals surface area contributed by atoms with Crippen LogP contribution >= 0.6 is 0 Å². The lowest BCUT2D eigenvalue weighted by Crippen LogP contribution is -2.09. The predicted octanol–water partition coefficient (Wildman–Crippen LogP) is 4.47. The van der Waals surface area contributed by atoms with Crippen LogP contribution in [0.5, 0.6) is 5.75 Å². The molecule has 3 aromatic carbocycles. The van der Waals surface area contributed by atoms with E-state index < -0.39 is 10.0 Å². The summed E-state index contributed by atoms with van der Waals surface area (Å²) in [5.41, 5.74) is 4.05. The summed E-state index contributed by atoms with van der Waals surface area (Å²) in [5, 5.41) is 7.98. The Morgan fingerprint density at radius 2 is 1.66 bits per heavy atom. The van der Waals surface area contributed by atoms with Gasteiger partial charge in [0.1, 0.15) is 5.75 Å². The number of sulfonamides is 1. The molecule has 0 unspecified atom stereocenters. The van der Waals surface area contributed by atoms with Gasteiger partial charge in [-0.1, -0.05) is 18.2 Å². The first-order valence-corrected chi connectivity index (χ1v) is 11.7. The van der Waals surface area contributed by atoms with E-state index in [0.29, 0.717) is 28.3 Å². The minimum absolute atomic E-state index is 0.156. The van der Waals surface area contributed by atoms with Gasteiger partial charge in [0.2, 0.25) is 15.9 Å². The maximum Gasteiger partial charge on any atom is 0.229 e. The molecular formula is C23H22N4O4S. The van der Waals surface area contributed by atoms with Crippen LogP contribution in [0.4, 0.5) is 22.7 Å². The molecule has 0 aliphatic carbocycles. The molecule has 0 saturated carbocycles. The van der Waals surface area contributed by atoms with Crippen molar-refractivity contribution >= 4 is 60.5 Å². The number of benzene rings is 3. The van der Waals surface area contributed by atoms with Crippen LogP contribution in [-0.4, -0.2) is 32.7 Å². The van der Waals surface area contributed by atoms with Crippen LogP contribution < -0.4 is 20.1 Å². The Kier molecular flexibility index (Phi) is 5.58. The molecule has 0 aliphatic heterocycles. The Morgan fingerprint density at radius 3 is 2.38 bits per heavy atom. The molecule has 164 valence electrons. The van der Waals surface area contributed by atoms with Crippen LogP contribution in [0.1, 0.15) is 6.92 Å². The summed E-state index contributed by atoms with van der Waals surface area (Å²) in [6.45, 7) is 1.46. The van der Waals surface area contributed by atoms with E-state index in [9.17, 15) is 13.2 Å². The fourth-order valence-corrected chi connectivity index (χ4v) is 4.07. The van der Waals surface area contributed by atoms with Crippen LogP contribution in [0.2, 0.25) is 0 Å². The maximum absolute atomic E-state index is 11.6. The number of hydrogen-bond donors (Lipinski definition) is 3. The SMILES string of the molecule is COc1cc(NS(C)(=O)=O)ccc1Nc1c2ccccc2nc2cc(NC(C)=O)ccc12. The number of amides is 1. The molecule has 1 heterocycles. The molecule has 8 nitrogen and oxygen atoms in total. The van der Waals surface area contributed by atoms with Crippen LogP contribution in [0.15, 0.2) is 60.7 Å². The fraction of sp³-hybridized carbons (Fsp3) is 0.130. The zero-order valence-electron chi connectivity index (χ0n) is 17.8. The molecule has 1 amide bonds. The third-order valence-corrected chi connectivity index (χ3v) is 5.37. The second-order valence-corrected chi connectivity index (χ2v) is 9.08. The number of methoxy groups -OCH3 is 1. The standard InChI is InChI=1S/C23H22N4O4S/c1-14(28)24-15-8-10-18-21(12-15)25-19-7-5-4-6-17(19)23(18)26-20-11-9-16(13-22(20)31-2)27-32(3,29)30/h4-13,27H,1-3H3,(H,24,28)(H,25,26). The van der Waals surface area contributed by atoms with Crippen LogP contribution in [0, 0.1) is 0 Å². The Morgan fingerprint density at radius 1 is 0.938 bits per heavy atom. The molecule has 0 saturated heterocycles. The summed E-state index contributed by atoms with van der Waals surface area (Å²) in [4.78, 5) is 16.2. The normalized spacial score (nSPS) is 11.3. The molecule has 4 aromatic rings. The topological polar surface area (TPSA) is 109 Å². The van der Waals surface area contributed by atoms with Gasteiger partial charge in [-0.05, 0) is 36.4 Å². The number of ether oxygens (including phenoxy) is 1. The predicted molar refractivity (Wildman–Crippen MR) is 128 cm³/mol. The first-order valence-electron chi connectivity index (χ1n) is 9.76. The number of rotatable bonds is 6. The molecule has 3 N–H and O–H groups in total. The van der Waals surface area contributed by atoms with Crippen molar-refractivity contribution in [1.29, 1.82) is 0 Å². The zero-order chi connectivity index (χ0) is 22.9. The van der Waals surface area contributed by atoms with Gasteiger partial charge >= 0.3 is 0 Å². The number of carbonyl (C=O) groups excluding carboxylic acids is 1. The number of carbonyl (C=O) groups is 1. The smallest absolute Gasteiger partial charge is 0.229 e. The van der Waals surface area contributed by atoms with Crippen molar-refractivity contribution < 1.29 is 17.9 Å². The highest BCUT2D eigenvalue weighted by molar-refractivity contribution is 7.92. The van der Waals surface area contributed by atoms with Crippen molar-refractivity contribution in [2.45, 2.75) is 6.92 Å². The highest BCUT2D eigenvalue weighted by Crippen LogP contribution is 2.37. The molecule has 0 atom stereocenters. The molecule has 1 aromatic heterocycles. The lowest BCUT2D eigenvalue weighted by atomic mass is 10.1. The summed E-state index contributed by atoms with van der Waals surface area (Å²) >= 11 is 0. The average molecular weight is 451 g/mol. The number of hydrogen-bond acceptors (Lipinski definition) is 6. The monoisotopic (exact) mass is 450 g/mol. The van der Waals surface area contributed by atoms with Gasteiger partial charge in [-0.25, -0.2) is 13.4 Å². The van der Waals surface area contributed by atoms with Crippen molar-refractivity contribution in [1.82, 2.24) is 4.98 Å². The second kappa shape index (κ2) is 8.35. The minimum atomic E-state index is -3.41. The van der Waals surface area contributed by atoms with Crippen LogP contribution in [0.25, 0.3) is 21.8 Å².